The van der Waals surface area contributed by atoms with Gasteiger partial charge < -0.3 is 19.9 Å². The van der Waals surface area contributed by atoms with Crippen molar-refractivity contribution < 1.29 is 24.2 Å². The van der Waals surface area contributed by atoms with E-state index in [2.05, 4.69) is 15.3 Å². The highest BCUT2D eigenvalue weighted by atomic mass is 32.1. The van der Waals surface area contributed by atoms with Gasteiger partial charge in [-0.3, -0.25) is 9.78 Å². The summed E-state index contributed by atoms with van der Waals surface area (Å²) in [6, 6.07) is 9.12. The Bertz CT molecular complexity index is 1110. The van der Waals surface area contributed by atoms with E-state index < -0.39 is 12.1 Å². The van der Waals surface area contributed by atoms with Gasteiger partial charge in [0.15, 0.2) is 6.10 Å². The molecule has 0 spiro atoms. The van der Waals surface area contributed by atoms with Crippen molar-refractivity contribution in [3.8, 4) is 16.3 Å². The minimum Gasteiger partial charge on any atom is -0.496 e. The number of nitrogens with one attached hydrogen (secondary N) is 1. The number of nitrogens with zero attached hydrogens (tertiary/aromatic N) is 2. The molecule has 2 heterocycles. The number of carbonyl (C=O) groups is 2. The summed E-state index contributed by atoms with van der Waals surface area (Å²) in [5.74, 6) is -0.711. The molecule has 1 unspecified atom stereocenters. The third-order valence-electron chi connectivity index (χ3n) is 4.84. The smallest absolute Gasteiger partial charge is 0.333 e. The number of benzene rings is 1. The number of ether oxygens (including phenoxy) is 2. The van der Waals surface area contributed by atoms with Gasteiger partial charge >= 0.3 is 5.97 Å². The van der Waals surface area contributed by atoms with Crippen LogP contribution in [0.3, 0.4) is 0 Å². The molecule has 174 valence electrons. The van der Waals surface area contributed by atoms with Crippen molar-refractivity contribution >= 4 is 23.2 Å². The predicted molar refractivity (Wildman–Crippen MR) is 126 cm³/mol. The third kappa shape index (κ3) is 6.36. The average molecular weight is 470 g/mol. The summed E-state index contributed by atoms with van der Waals surface area (Å²) in [6.45, 7) is 5.66. The molecule has 3 rings (SSSR count). The molecule has 0 saturated carbocycles. The summed E-state index contributed by atoms with van der Waals surface area (Å²) in [5.41, 5.74) is 2.73. The first-order valence-electron chi connectivity index (χ1n) is 10.5. The lowest BCUT2D eigenvalue weighted by molar-refractivity contribution is -0.153. The van der Waals surface area contributed by atoms with Crippen LogP contribution in [-0.4, -0.2) is 46.3 Å². The van der Waals surface area contributed by atoms with Crippen LogP contribution in [0.2, 0.25) is 0 Å². The quantitative estimate of drug-likeness (QED) is 0.464. The molecule has 1 amide bonds. The van der Waals surface area contributed by atoms with Gasteiger partial charge in [0.2, 0.25) is 0 Å². The molecule has 9 heteroatoms. The molecule has 3 aromatic rings. The first-order chi connectivity index (χ1) is 15.8. The van der Waals surface area contributed by atoms with Gasteiger partial charge in [-0.1, -0.05) is 12.1 Å². The van der Waals surface area contributed by atoms with Gasteiger partial charge in [0.25, 0.3) is 5.91 Å². The van der Waals surface area contributed by atoms with E-state index in [9.17, 15) is 14.7 Å². The summed E-state index contributed by atoms with van der Waals surface area (Å²) in [6.07, 6.45) is 2.44. The summed E-state index contributed by atoms with van der Waals surface area (Å²) < 4.78 is 10.9. The second-order valence-electron chi connectivity index (χ2n) is 7.71. The van der Waals surface area contributed by atoms with Gasteiger partial charge in [-0.25, -0.2) is 9.78 Å². The van der Waals surface area contributed by atoms with E-state index >= 15 is 0 Å². The molecule has 0 radical (unpaired) electrons. The fraction of sp³-hybridized carbons (Fsp3) is 0.333. The van der Waals surface area contributed by atoms with Crippen LogP contribution in [0.5, 0.6) is 5.75 Å². The number of amides is 1. The zero-order valence-corrected chi connectivity index (χ0v) is 19.8. The van der Waals surface area contributed by atoms with Crippen LogP contribution < -0.4 is 10.1 Å². The lowest BCUT2D eigenvalue weighted by Crippen LogP contribution is -2.29. The Morgan fingerprint density at radius 1 is 1.24 bits per heavy atom. The van der Waals surface area contributed by atoms with Crippen LogP contribution in [0, 0.1) is 6.92 Å². The first kappa shape index (κ1) is 24.3. The zero-order chi connectivity index (χ0) is 24.0. The van der Waals surface area contributed by atoms with Crippen LogP contribution in [-0.2, 0) is 22.5 Å². The Morgan fingerprint density at radius 3 is 2.67 bits per heavy atom. The Hall–Kier alpha value is -3.30. The van der Waals surface area contributed by atoms with Crippen molar-refractivity contribution in [3.63, 3.8) is 0 Å². The number of aryl methyl sites for hydroxylation is 1. The highest BCUT2D eigenvalue weighted by Gasteiger charge is 2.21. The normalized spacial score (nSPS) is 11.9. The Morgan fingerprint density at radius 2 is 2.03 bits per heavy atom. The molecule has 0 bridgehead atoms. The highest BCUT2D eigenvalue weighted by Crippen LogP contribution is 2.27. The Balaban J connectivity index is 1.74. The van der Waals surface area contributed by atoms with Crippen molar-refractivity contribution in [1.82, 2.24) is 15.3 Å². The monoisotopic (exact) mass is 469 g/mol. The first-order valence-corrected chi connectivity index (χ1v) is 11.3. The van der Waals surface area contributed by atoms with Crippen LogP contribution in [0.15, 0.2) is 42.7 Å². The molecule has 8 nitrogen and oxygen atoms in total. The van der Waals surface area contributed by atoms with Crippen LogP contribution in [0.1, 0.15) is 40.3 Å². The van der Waals surface area contributed by atoms with E-state index in [1.54, 1.807) is 45.5 Å². The Labute approximate surface area is 196 Å². The van der Waals surface area contributed by atoms with E-state index in [1.165, 1.54) is 11.3 Å². The number of aromatic nitrogens is 2. The number of hydrogen-bond acceptors (Lipinski definition) is 7. The molecule has 0 fully saturated rings. The number of hydrogen-bond donors (Lipinski definition) is 2. The second kappa shape index (κ2) is 11.0. The van der Waals surface area contributed by atoms with E-state index in [0.29, 0.717) is 11.4 Å². The predicted octanol–water partition coefficient (Wildman–Crippen LogP) is 3.87. The van der Waals surface area contributed by atoms with Gasteiger partial charge in [0, 0.05) is 41.4 Å². The number of carboxylic acids is 1. The molecular formula is C24H27N3O5S. The van der Waals surface area contributed by atoms with Crippen molar-refractivity contribution in [1.29, 1.82) is 0 Å². The number of thiazole rings is 1. The number of carboxylic acid groups (broad SMARTS) is 1. The minimum absolute atomic E-state index is 0.206. The van der Waals surface area contributed by atoms with Crippen molar-refractivity contribution in [3.05, 3.63) is 64.4 Å². The van der Waals surface area contributed by atoms with Gasteiger partial charge in [-0.2, -0.15) is 0 Å². The van der Waals surface area contributed by atoms with Crippen molar-refractivity contribution in [2.45, 2.75) is 45.9 Å². The second-order valence-corrected chi connectivity index (χ2v) is 8.91. The van der Waals surface area contributed by atoms with Crippen LogP contribution in [0.4, 0.5) is 0 Å². The molecule has 0 aliphatic heterocycles. The largest absolute Gasteiger partial charge is 0.496 e. The minimum atomic E-state index is -1.02. The number of aliphatic carboxylic acids is 1. The van der Waals surface area contributed by atoms with Gasteiger partial charge in [-0.15, -0.1) is 11.3 Å². The van der Waals surface area contributed by atoms with E-state index in [-0.39, 0.29) is 25.0 Å². The van der Waals surface area contributed by atoms with Crippen molar-refractivity contribution in [2.75, 3.05) is 7.11 Å². The zero-order valence-electron chi connectivity index (χ0n) is 19.0. The van der Waals surface area contributed by atoms with Crippen molar-refractivity contribution in [2.24, 2.45) is 0 Å². The summed E-state index contributed by atoms with van der Waals surface area (Å²) >= 11 is 1.44. The topological polar surface area (TPSA) is 111 Å². The maximum Gasteiger partial charge on any atom is 0.333 e. The SMILES string of the molecule is COc1ccc(CC(OC(C)C)C(=O)O)cc1CNC(=O)c1nc(-c2cccnc2)sc1C. The maximum absolute atomic E-state index is 12.8. The molecule has 1 atom stereocenters. The lowest BCUT2D eigenvalue weighted by atomic mass is 10.0. The summed E-state index contributed by atoms with van der Waals surface area (Å²) in [4.78, 5) is 33.8. The lowest BCUT2D eigenvalue weighted by Gasteiger charge is -2.18. The molecule has 0 aliphatic carbocycles. The molecule has 33 heavy (non-hydrogen) atoms. The molecule has 1 aromatic carbocycles. The molecule has 0 saturated heterocycles. The van der Waals surface area contributed by atoms with E-state index in [1.807, 2.05) is 25.1 Å². The summed E-state index contributed by atoms with van der Waals surface area (Å²) in [5, 5.41) is 13.1. The fourth-order valence-corrected chi connectivity index (χ4v) is 4.21. The molecular weight excluding hydrogens is 442 g/mol. The number of pyridine rings is 1. The van der Waals surface area contributed by atoms with Crippen LogP contribution in [0.25, 0.3) is 10.6 Å². The maximum atomic E-state index is 12.8. The number of rotatable bonds is 10. The average Bonchev–Trinajstić information content (AvgIpc) is 3.19. The molecule has 2 aromatic heterocycles. The van der Waals surface area contributed by atoms with E-state index in [0.717, 1.165) is 26.6 Å². The summed E-state index contributed by atoms with van der Waals surface area (Å²) in [7, 11) is 1.55. The Kier molecular flexibility index (Phi) is 8.13. The van der Waals surface area contributed by atoms with Gasteiger partial charge in [-0.05, 0) is 44.5 Å². The highest BCUT2D eigenvalue weighted by molar-refractivity contribution is 7.15. The standard InChI is InChI=1S/C24H27N3O5S/c1-14(2)32-20(24(29)30)11-16-7-8-19(31-4)18(10-16)13-26-22(28)21-15(3)33-23(27-21)17-6-5-9-25-12-17/h5-10,12,14,20H,11,13H2,1-4H3,(H,26,28)(H,29,30). The number of methoxy groups -OCH3 is 1. The molecule has 0 aliphatic rings. The molecule has 2 N–H and O–H groups in total. The van der Waals surface area contributed by atoms with Gasteiger partial charge in [0.1, 0.15) is 16.5 Å². The fourth-order valence-electron chi connectivity index (χ4n) is 3.31. The van der Waals surface area contributed by atoms with E-state index in [4.69, 9.17) is 9.47 Å². The number of carbonyl (C=O) groups excluding carboxylic acids is 1. The third-order valence-corrected chi connectivity index (χ3v) is 5.86. The van der Waals surface area contributed by atoms with Gasteiger partial charge in [0.05, 0.1) is 13.2 Å². The van der Waals surface area contributed by atoms with Crippen LogP contribution >= 0.6 is 11.3 Å².